The molecule has 0 unspecified atom stereocenters. The second-order valence-electron chi connectivity index (χ2n) is 5.08. The minimum absolute atomic E-state index is 0.148. The van der Waals surface area contributed by atoms with Crippen LogP contribution >= 0.6 is 0 Å². The van der Waals surface area contributed by atoms with Gasteiger partial charge in [-0.15, -0.1) is 0 Å². The Labute approximate surface area is 121 Å². The van der Waals surface area contributed by atoms with Crippen LogP contribution in [0.1, 0.15) is 30.2 Å². The van der Waals surface area contributed by atoms with Gasteiger partial charge in [-0.3, -0.25) is 4.79 Å². The fourth-order valence-corrected chi connectivity index (χ4v) is 1.75. The van der Waals surface area contributed by atoms with E-state index in [0.29, 0.717) is 18.3 Å². The number of carboxylic acids is 1. The molecule has 112 valence electrons. The highest BCUT2D eigenvalue weighted by atomic mass is 16.5. The molecule has 0 amide bonds. The molecule has 0 saturated heterocycles. The van der Waals surface area contributed by atoms with Crippen LogP contribution in [0.2, 0.25) is 0 Å². The number of carbonyl (C=O) groups is 1. The van der Waals surface area contributed by atoms with E-state index in [4.69, 9.17) is 14.3 Å². The van der Waals surface area contributed by atoms with E-state index in [-0.39, 0.29) is 23.6 Å². The zero-order chi connectivity index (χ0) is 15.4. The Balaban J connectivity index is 2.18. The van der Waals surface area contributed by atoms with Crippen LogP contribution in [-0.2, 0) is 6.54 Å². The Morgan fingerprint density at radius 3 is 2.76 bits per heavy atom. The van der Waals surface area contributed by atoms with E-state index in [0.717, 1.165) is 0 Å². The van der Waals surface area contributed by atoms with Crippen molar-refractivity contribution >= 4 is 5.97 Å². The number of ether oxygens (including phenoxy) is 1. The van der Waals surface area contributed by atoms with Gasteiger partial charge in [0.2, 0.25) is 5.76 Å². The number of nitrogens with zero attached hydrogens (tertiary/aromatic N) is 1. The number of furan rings is 1. The molecule has 0 aliphatic heterocycles. The fraction of sp³-hybridized carbons (Fsp3) is 0.333. The van der Waals surface area contributed by atoms with Gasteiger partial charge in [0, 0.05) is 6.20 Å². The van der Waals surface area contributed by atoms with Crippen LogP contribution in [0.25, 0.3) is 0 Å². The molecule has 0 aliphatic rings. The van der Waals surface area contributed by atoms with Crippen molar-refractivity contribution in [2.75, 3.05) is 6.61 Å². The summed E-state index contributed by atoms with van der Waals surface area (Å²) in [6, 6.07) is 6.23. The van der Waals surface area contributed by atoms with Gasteiger partial charge in [-0.1, -0.05) is 13.8 Å². The summed E-state index contributed by atoms with van der Waals surface area (Å²) in [6.45, 7) is 4.61. The summed E-state index contributed by atoms with van der Waals surface area (Å²) in [7, 11) is 0. The Hall–Kier alpha value is -2.50. The second kappa shape index (κ2) is 6.30. The summed E-state index contributed by atoms with van der Waals surface area (Å²) in [5, 5.41) is 8.80. The molecule has 0 radical (unpaired) electrons. The summed E-state index contributed by atoms with van der Waals surface area (Å²) < 4.78 is 12.0. The van der Waals surface area contributed by atoms with Gasteiger partial charge >= 0.3 is 5.97 Å². The molecule has 2 rings (SSSR count). The third kappa shape index (κ3) is 3.75. The maximum atomic E-state index is 12.2. The maximum Gasteiger partial charge on any atom is 0.371 e. The number of aromatic nitrogens is 1. The highest BCUT2D eigenvalue weighted by molar-refractivity contribution is 5.84. The van der Waals surface area contributed by atoms with E-state index in [2.05, 4.69) is 0 Å². The molecule has 2 aromatic heterocycles. The molecule has 2 heterocycles. The van der Waals surface area contributed by atoms with Crippen molar-refractivity contribution in [1.82, 2.24) is 4.57 Å². The van der Waals surface area contributed by atoms with E-state index in [1.807, 2.05) is 13.8 Å². The molecule has 0 bridgehead atoms. The summed E-state index contributed by atoms with van der Waals surface area (Å²) >= 11 is 0. The van der Waals surface area contributed by atoms with Gasteiger partial charge in [-0.2, -0.15) is 0 Å². The average molecular weight is 291 g/mol. The minimum Gasteiger partial charge on any atom is -0.488 e. The highest BCUT2D eigenvalue weighted by Crippen LogP contribution is 2.10. The third-order valence-corrected chi connectivity index (χ3v) is 2.76. The monoisotopic (exact) mass is 291 g/mol. The number of hydrogen-bond acceptors (Lipinski definition) is 4. The third-order valence-electron chi connectivity index (χ3n) is 2.76. The number of carboxylic acid groups (broad SMARTS) is 1. The van der Waals surface area contributed by atoms with E-state index < -0.39 is 5.97 Å². The lowest BCUT2D eigenvalue weighted by molar-refractivity contribution is 0.0660. The number of hydrogen-bond donors (Lipinski definition) is 1. The Bertz CT molecular complexity index is 683. The van der Waals surface area contributed by atoms with Gasteiger partial charge in [0.15, 0.2) is 5.75 Å². The van der Waals surface area contributed by atoms with Crippen LogP contribution in [0, 0.1) is 5.92 Å². The first-order valence-electron chi connectivity index (χ1n) is 6.61. The normalized spacial score (nSPS) is 10.8. The number of rotatable bonds is 6. The summed E-state index contributed by atoms with van der Waals surface area (Å²) in [5.41, 5.74) is -0.272. The molecule has 2 aromatic rings. The lowest BCUT2D eigenvalue weighted by atomic mass is 10.2. The molecule has 6 nitrogen and oxygen atoms in total. The summed E-state index contributed by atoms with van der Waals surface area (Å²) in [5.74, 6) is -0.291. The first-order chi connectivity index (χ1) is 9.97. The maximum absolute atomic E-state index is 12.2. The first kappa shape index (κ1) is 14.9. The molecule has 1 N–H and O–H groups in total. The highest BCUT2D eigenvalue weighted by Gasteiger charge is 2.11. The van der Waals surface area contributed by atoms with Crippen molar-refractivity contribution < 1.29 is 19.1 Å². The van der Waals surface area contributed by atoms with Crippen molar-refractivity contribution in [2.24, 2.45) is 5.92 Å². The first-order valence-corrected chi connectivity index (χ1v) is 6.61. The molecular weight excluding hydrogens is 274 g/mol. The molecule has 0 aromatic carbocycles. The van der Waals surface area contributed by atoms with Crippen LogP contribution in [0.15, 0.2) is 39.7 Å². The largest absolute Gasteiger partial charge is 0.488 e. The van der Waals surface area contributed by atoms with Gasteiger partial charge in [0.1, 0.15) is 5.76 Å². The molecule has 21 heavy (non-hydrogen) atoms. The standard InChI is InChI=1S/C15H17NO5/c1-10(2)9-20-12-4-3-7-16(14(12)17)8-11-5-6-13(21-11)15(18)19/h3-7,10H,8-9H2,1-2H3,(H,18,19). The molecule has 0 saturated carbocycles. The van der Waals surface area contributed by atoms with Crippen molar-refractivity contribution in [3.05, 3.63) is 52.3 Å². The zero-order valence-electron chi connectivity index (χ0n) is 11.9. The lowest BCUT2D eigenvalue weighted by Gasteiger charge is -2.10. The van der Waals surface area contributed by atoms with Crippen LogP contribution in [0.4, 0.5) is 0 Å². The van der Waals surface area contributed by atoms with Gasteiger partial charge in [-0.05, 0) is 30.2 Å². The number of aromatic carboxylic acids is 1. The summed E-state index contributed by atoms with van der Waals surface area (Å²) in [6.07, 6.45) is 1.60. The van der Waals surface area contributed by atoms with Gasteiger partial charge < -0.3 is 18.8 Å². The van der Waals surface area contributed by atoms with Crippen molar-refractivity contribution in [2.45, 2.75) is 20.4 Å². The van der Waals surface area contributed by atoms with Crippen LogP contribution in [-0.4, -0.2) is 22.2 Å². The van der Waals surface area contributed by atoms with Crippen LogP contribution < -0.4 is 10.3 Å². The Morgan fingerprint density at radius 1 is 1.38 bits per heavy atom. The Kier molecular flexibility index (Phi) is 4.47. The van der Waals surface area contributed by atoms with Crippen LogP contribution in [0.3, 0.4) is 0 Å². The van der Waals surface area contributed by atoms with Gasteiger partial charge in [-0.25, -0.2) is 4.79 Å². The molecule has 0 atom stereocenters. The fourth-order valence-electron chi connectivity index (χ4n) is 1.75. The van der Waals surface area contributed by atoms with Gasteiger partial charge in [0.05, 0.1) is 13.2 Å². The summed E-state index contributed by atoms with van der Waals surface area (Å²) in [4.78, 5) is 23.0. The van der Waals surface area contributed by atoms with Crippen molar-refractivity contribution in [3.8, 4) is 5.75 Å². The molecule has 0 spiro atoms. The predicted octanol–water partition coefficient (Wildman–Crippen LogP) is 2.22. The molecule has 6 heteroatoms. The average Bonchev–Trinajstić information content (AvgIpc) is 2.88. The van der Waals surface area contributed by atoms with E-state index in [1.165, 1.54) is 16.7 Å². The smallest absolute Gasteiger partial charge is 0.371 e. The zero-order valence-corrected chi connectivity index (χ0v) is 11.9. The second-order valence-corrected chi connectivity index (χ2v) is 5.08. The molecular formula is C15H17NO5. The van der Waals surface area contributed by atoms with Crippen molar-refractivity contribution in [1.29, 1.82) is 0 Å². The lowest BCUT2D eigenvalue weighted by Crippen LogP contribution is -2.22. The molecule has 0 aliphatic carbocycles. The van der Waals surface area contributed by atoms with Crippen LogP contribution in [0.5, 0.6) is 5.75 Å². The van der Waals surface area contributed by atoms with E-state index in [1.54, 1.807) is 18.3 Å². The topological polar surface area (TPSA) is 81.7 Å². The van der Waals surface area contributed by atoms with Gasteiger partial charge in [0.25, 0.3) is 5.56 Å². The minimum atomic E-state index is -1.14. The SMILES string of the molecule is CC(C)COc1cccn(Cc2ccc(C(=O)O)o2)c1=O. The Morgan fingerprint density at radius 2 is 2.14 bits per heavy atom. The number of pyridine rings is 1. The quantitative estimate of drug-likeness (QED) is 0.882. The van der Waals surface area contributed by atoms with Crippen molar-refractivity contribution in [3.63, 3.8) is 0 Å². The molecule has 0 fully saturated rings. The van der Waals surface area contributed by atoms with E-state index in [9.17, 15) is 9.59 Å². The van der Waals surface area contributed by atoms with E-state index >= 15 is 0 Å². The predicted molar refractivity (Wildman–Crippen MR) is 75.8 cm³/mol.